The first-order valence-electron chi connectivity index (χ1n) is 6.46. The lowest BCUT2D eigenvalue weighted by atomic mass is 9.86. The average molecular weight is 278 g/mol. The number of ketones is 1. The van der Waals surface area contributed by atoms with Gasteiger partial charge in [-0.15, -0.1) is 0 Å². The third-order valence-electron chi connectivity index (χ3n) is 4.09. The van der Waals surface area contributed by atoms with Crippen LogP contribution in [-0.2, 0) is 24.2 Å². The van der Waals surface area contributed by atoms with Crippen LogP contribution < -0.4 is 0 Å². The molecule has 108 valence electrons. The molecule has 0 saturated carbocycles. The summed E-state index contributed by atoms with van der Waals surface area (Å²) in [6.45, 7) is 2.89. The SMILES string of the molecule is Cc1c(CC(=O)O)c(CO)cc2c1C(=O)[C@](C)(CO)C2. The highest BCUT2D eigenvalue weighted by atomic mass is 16.4. The molecule has 0 amide bonds. The lowest BCUT2D eigenvalue weighted by Gasteiger charge is -2.17. The van der Waals surface area contributed by atoms with Crippen molar-refractivity contribution in [3.05, 3.63) is 33.9 Å². The Morgan fingerprint density at radius 1 is 1.40 bits per heavy atom. The second kappa shape index (κ2) is 5.00. The van der Waals surface area contributed by atoms with Crippen molar-refractivity contribution in [1.82, 2.24) is 0 Å². The Morgan fingerprint density at radius 2 is 2.05 bits per heavy atom. The molecule has 1 atom stereocenters. The van der Waals surface area contributed by atoms with Gasteiger partial charge in [-0.05, 0) is 42.5 Å². The van der Waals surface area contributed by atoms with E-state index in [0.29, 0.717) is 28.7 Å². The van der Waals surface area contributed by atoms with Crippen LogP contribution in [0.5, 0.6) is 0 Å². The Labute approximate surface area is 116 Å². The van der Waals surface area contributed by atoms with Gasteiger partial charge in [0, 0.05) is 5.56 Å². The molecule has 1 aromatic carbocycles. The molecule has 0 bridgehead atoms. The van der Waals surface area contributed by atoms with E-state index in [1.807, 2.05) is 0 Å². The van der Waals surface area contributed by atoms with Gasteiger partial charge in [0.25, 0.3) is 0 Å². The second-order valence-electron chi connectivity index (χ2n) is 5.63. The molecule has 0 aliphatic heterocycles. The maximum Gasteiger partial charge on any atom is 0.307 e. The van der Waals surface area contributed by atoms with Gasteiger partial charge in [-0.2, -0.15) is 0 Å². The third kappa shape index (κ3) is 2.13. The van der Waals surface area contributed by atoms with Crippen LogP contribution in [0.3, 0.4) is 0 Å². The van der Waals surface area contributed by atoms with Crippen LogP contribution in [0, 0.1) is 12.3 Å². The summed E-state index contributed by atoms with van der Waals surface area (Å²) in [6.07, 6.45) is 0.191. The maximum absolute atomic E-state index is 12.4. The minimum absolute atomic E-state index is 0.149. The Morgan fingerprint density at radius 3 is 2.55 bits per heavy atom. The van der Waals surface area contributed by atoms with Crippen molar-refractivity contribution in [3.63, 3.8) is 0 Å². The summed E-state index contributed by atoms with van der Waals surface area (Å²) in [5.74, 6) is -1.15. The average Bonchev–Trinajstić information content (AvgIpc) is 2.65. The molecule has 0 fully saturated rings. The number of aliphatic hydroxyl groups is 2. The number of carboxylic acid groups (broad SMARTS) is 1. The van der Waals surface area contributed by atoms with Gasteiger partial charge in [0.2, 0.25) is 0 Å². The van der Waals surface area contributed by atoms with Crippen molar-refractivity contribution in [1.29, 1.82) is 0 Å². The number of fused-ring (bicyclic) bond motifs is 1. The van der Waals surface area contributed by atoms with Gasteiger partial charge in [-0.3, -0.25) is 9.59 Å². The van der Waals surface area contributed by atoms with Gasteiger partial charge >= 0.3 is 5.97 Å². The fourth-order valence-corrected chi connectivity index (χ4v) is 2.93. The molecule has 20 heavy (non-hydrogen) atoms. The Kier molecular flexibility index (Phi) is 3.67. The summed E-state index contributed by atoms with van der Waals surface area (Å²) in [4.78, 5) is 23.4. The highest BCUT2D eigenvalue weighted by Gasteiger charge is 2.42. The van der Waals surface area contributed by atoms with Crippen LogP contribution in [0.1, 0.15) is 39.5 Å². The van der Waals surface area contributed by atoms with Crippen molar-refractivity contribution in [2.45, 2.75) is 33.3 Å². The van der Waals surface area contributed by atoms with Crippen LogP contribution in [0.2, 0.25) is 0 Å². The van der Waals surface area contributed by atoms with E-state index in [2.05, 4.69) is 0 Å². The molecule has 1 aromatic rings. The highest BCUT2D eigenvalue weighted by molar-refractivity contribution is 6.06. The first-order valence-corrected chi connectivity index (χ1v) is 6.46. The summed E-state index contributed by atoms with van der Waals surface area (Å²) >= 11 is 0. The monoisotopic (exact) mass is 278 g/mol. The van der Waals surface area contributed by atoms with Crippen molar-refractivity contribution >= 4 is 11.8 Å². The van der Waals surface area contributed by atoms with E-state index in [9.17, 15) is 19.8 Å². The van der Waals surface area contributed by atoms with Gasteiger partial charge in [0.15, 0.2) is 5.78 Å². The molecule has 0 aromatic heterocycles. The molecule has 3 N–H and O–H groups in total. The van der Waals surface area contributed by atoms with E-state index < -0.39 is 11.4 Å². The molecular formula is C15H18O5. The number of carbonyl (C=O) groups is 2. The molecular weight excluding hydrogens is 260 g/mol. The number of aliphatic carboxylic acids is 1. The number of benzene rings is 1. The fourth-order valence-electron chi connectivity index (χ4n) is 2.93. The van der Waals surface area contributed by atoms with E-state index in [1.165, 1.54) is 0 Å². The number of hydrogen-bond acceptors (Lipinski definition) is 4. The molecule has 1 aliphatic rings. The zero-order valence-corrected chi connectivity index (χ0v) is 11.6. The van der Waals surface area contributed by atoms with Crippen LogP contribution in [0.4, 0.5) is 0 Å². The number of carbonyl (C=O) groups excluding carboxylic acids is 1. The first-order chi connectivity index (χ1) is 9.34. The van der Waals surface area contributed by atoms with Crippen molar-refractivity contribution < 1.29 is 24.9 Å². The van der Waals surface area contributed by atoms with Crippen molar-refractivity contribution in [3.8, 4) is 0 Å². The van der Waals surface area contributed by atoms with Gasteiger partial charge < -0.3 is 15.3 Å². The molecule has 0 spiro atoms. The molecule has 5 nitrogen and oxygen atoms in total. The Bertz CT molecular complexity index is 590. The largest absolute Gasteiger partial charge is 0.481 e. The summed E-state index contributed by atoms with van der Waals surface area (Å²) in [5.41, 5.74) is 2.09. The smallest absolute Gasteiger partial charge is 0.307 e. The second-order valence-corrected chi connectivity index (χ2v) is 5.63. The summed E-state index contributed by atoms with van der Waals surface area (Å²) in [6, 6.07) is 1.69. The van der Waals surface area contributed by atoms with Crippen molar-refractivity contribution in [2.75, 3.05) is 6.61 Å². The highest BCUT2D eigenvalue weighted by Crippen LogP contribution is 2.40. The van der Waals surface area contributed by atoms with Gasteiger partial charge in [0.1, 0.15) is 0 Å². The number of Topliss-reactive ketones (excluding diaryl/α,β-unsaturated/α-hetero) is 1. The number of carboxylic acids is 1. The van der Waals surface area contributed by atoms with Crippen LogP contribution in [-0.4, -0.2) is 33.7 Å². The standard InChI is InChI=1S/C15H18O5/c1-8-11(4-12(18)19)10(6-16)3-9-5-15(2,7-17)14(20)13(8)9/h3,16-17H,4-7H2,1-2H3,(H,18,19)/t15-/m0/s1. The van der Waals surface area contributed by atoms with Gasteiger partial charge in [-0.25, -0.2) is 0 Å². The minimum Gasteiger partial charge on any atom is -0.481 e. The third-order valence-corrected chi connectivity index (χ3v) is 4.09. The quantitative estimate of drug-likeness (QED) is 0.759. The lowest BCUT2D eigenvalue weighted by molar-refractivity contribution is -0.136. The molecule has 1 aliphatic carbocycles. The minimum atomic E-state index is -1.00. The molecule has 0 unspecified atom stereocenters. The molecule has 0 saturated heterocycles. The lowest BCUT2D eigenvalue weighted by Crippen LogP contribution is -2.28. The van der Waals surface area contributed by atoms with Crippen LogP contribution >= 0.6 is 0 Å². The summed E-state index contributed by atoms with van der Waals surface area (Å²) in [5, 5.41) is 27.8. The zero-order chi connectivity index (χ0) is 15.1. The molecule has 5 heteroatoms. The predicted octanol–water partition coefficient (Wildman–Crippen LogP) is 0.852. The van der Waals surface area contributed by atoms with E-state index >= 15 is 0 Å². The normalized spacial score (nSPS) is 21.1. The van der Waals surface area contributed by atoms with Gasteiger partial charge in [0.05, 0.1) is 25.0 Å². The van der Waals surface area contributed by atoms with Crippen LogP contribution in [0.15, 0.2) is 6.07 Å². The molecule has 0 heterocycles. The van der Waals surface area contributed by atoms with E-state index in [1.54, 1.807) is 19.9 Å². The fraction of sp³-hybridized carbons (Fsp3) is 0.467. The number of rotatable bonds is 4. The molecule has 2 rings (SSSR count). The first kappa shape index (κ1) is 14.7. The van der Waals surface area contributed by atoms with Gasteiger partial charge in [-0.1, -0.05) is 6.07 Å². The maximum atomic E-state index is 12.4. The van der Waals surface area contributed by atoms with E-state index in [4.69, 9.17) is 5.11 Å². The van der Waals surface area contributed by atoms with E-state index in [-0.39, 0.29) is 25.4 Å². The number of aliphatic hydroxyl groups excluding tert-OH is 2. The summed E-state index contributed by atoms with van der Waals surface area (Å²) < 4.78 is 0. The summed E-state index contributed by atoms with van der Waals surface area (Å²) in [7, 11) is 0. The van der Waals surface area contributed by atoms with Crippen LogP contribution in [0.25, 0.3) is 0 Å². The predicted molar refractivity (Wildman–Crippen MR) is 71.7 cm³/mol. The van der Waals surface area contributed by atoms with Crippen molar-refractivity contribution in [2.24, 2.45) is 5.41 Å². The Hall–Kier alpha value is -1.72. The zero-order valence-electron chi connectivity index (χ0n) is 11.6. The Balaban J connectivity index is 2.62. The van der Waals surface area contributed by atoms with E-state index in [0.717, 1.165) is 5.56 Å². The molecule has 0 radical (unpaired) electrons. The topological polar surface area (TPSA) is 94.8 Å². The number of hydrogen-bond donors (Lipinski definition) is 3.